The van der Waals surface area contributed by atoms with E-state index >= 15 is 0 Å². The molecule has 0 aliphatic carbocycles. The molecule has 2 aromatic carbocycles. The highest BCUT2D eigenvalue weighted by atomic mass is 32.2. The lowest BCUT2D eigenvalue weighted by Crippen LogP contribution is -2.45. The van der Waals surface area contributed by atoms with Crippen LogP contribution in [-0.2, 0) is 14.8 Å². The number of phenolic OH excluding ortho intramolecular Hbond substituents is 1. The van der Waals surface area contributed by atoms with Gasteiger partial charge in [0.1, 0.15) is 5.75 Å². The lowest BCUT2D eigenvalue weighted by atomic mass is 9.94. The van der Waals surface area contributed by atoms with E-state index < -0.39 is 10.0 Å². The Morgan fingerprint density at radius 1 is 0.970 bits per heavy atom. The summed E-state index contributed by atoms with van der Waals surface area (Å²) in [5.74, 6) is 0.226. The van der Waals surface area contributed by atoms with Crippen molar-refractivity contribution >= 4 is 21.5 Å². The number of piperidine rings is 1. The number of sulfonamides is 1. The minimum Gasteiger partial charge on any atom is -0.508 e. The molecule has 0 saturated carbocycles. The van der Waals surface area contributed by atoms with Gasteiger partial charge in [-0.25, -0.2) is 8.42 Å². The Bertz CT molecular complexity index is 1150. The van der Waals surface area contributed by atoms with Crippen LogP contribution in [0.1, 0.15) is 41.5 Å². The highest BCUT2D eigenvalue weighted by molar-refractivity contribution is 7.89. The van der Waals surface area contributed by atoms with Crippen LogP contribution < -0.4 is 0 Å². The summed E-state index contributed by atoms with van der Waals surface area (Å²) < 4.78 is 28.2. The molecule has 1 N–H and O–H groups in total. The number of carbonyl (C=O) groups excluding carboxylic acids is 1. The molecule has 7 heteroatoms. The molecule has 0 radical (unpaired) electrons. The molecule has 1 fully saturated rings. The van der Waals surface area contributed by atoms with Gasteiger partial charge in [-0.05, 0) is 74.4 Å². The Morgan fingerprint density at radius 3 is 2.12 bits per heavy atom. The van der Waals surface area contributed by atoms with E-state index in [1.807, 2.05) is 49.9 Å². The Labute approximate surface area is 196 Å². The maximum absolute atomic E-state index is 13.3. The van der Waals surface area contributed by atoms with Gasteiger partial charge in [-0.3, -0.25) is 4.79 Å². The Balaban J connectivity index is 1.38. The van der Waals surface area contributed by atoms with E-state index in [0.29, 0.717) is 43.9 Å². The van der Waals surface area contributed by atoms with Gasteiger partial charge in [0.25, 0.3) is 0 Å². The number of benzene rings is 2. The van der Waals surface area contributed by atoms with Crippen LogP contribution in [0.15, 0.2) is 47.4 Å². The Kier molecular flexibility index (Phi) is 6.64. The van der Waals surface area contributed by atoms with Crippen LogP contribution in [0.2, 0.25) is 0 Å². The zero-order valence-corrected chi connectivity index (χ0v) is 20.4. The van der Waals surface area contributed by atoms with E-state index in [2.05, 4.69) is 6.08 Å². The van der Waals surface area contributed by atoms with Gasteiger partial charge >= 0.3 is 0 Å². The van der Waals surface area contributed by atoms with E-state index in [9.17, 15) is 18.3 Å². The second-order valence-corrected chi connectivity index (χ2v) is 11.1. The summed E-state index contributed by atoms with van der Waals surface area (Å²) in [5.41, 5.74) is 4.85. The SMILES string of the molecule is Cc1cc(C)c(S(=O)(=O)N2CCC(C(=O)N3CC=C(c4ccc(O)cc4)CC3)CC2)c(C)c1. The predicted molar refractivity (Wildman–Crippen MR) is 129 cm³/mol. The van der Waals surface area contributed by atoms with Crippen molar-refractivity contribution in [1.82, 2.24) is 9.21 Å². The second kappa shape index (κ2) is 9.31. The number of carbonyl (C=O) groups is 1. The number of aromatic hydroxyl groups is 1. The molecule has 2 aliphatic rings. The van der Waals surface area contributed by atoms with Crippen molar-refractivity contribution in [3.8, 4) is 5.75 Å². The van der Waals surface area contributed by atoms with Gasteiger partial charge in [0.05, 0.1) is 4.90 Å². The lowest BCUT2D eigenvalue weighted by molar-refractivity contribution is -0.136. The van der Waals surface area contributed by atoms with Crippen molar-refractivity contribution in [1.29, 1.82) is 0 Å². The number of amides is 1. The molecule has 2 aromatic rings. The molecular weight excluding hydrogens is 436 g/mol. The van der Waals surface area contributed by atoms with Crippen LogP contribution in [0.25, 0.3) is 5.57 Å². The van der Waals surface area contributed by atoms with Crippen LogP contribution in [0.3, 0.4) is 0 Å². The first-order valence-electron chi connectivity index (χ1n) is 11.5. The van der Waals surface area contributed by atoms with Crippen molar-refractivity contribution in [2.75, 3.05) is 26.2 Å². The molecule has 4 rings (SSSR count). The molecule has 1 amide bonds. The fraction of sp³-hybridized carbons (Fsp3) is 0.423. The summed E-state index contributed by atoms with van der Waals surface area (Å²) in [4.78, 5) is 15.4. The molecule has 0 aromatic heterocycles. The molecule has 2 aliphatic heterocycles. The highest BCUT2D eigenvalue weighted by Gasteiger charge is 2.35. The van der Waals surface area contributed by atoms with Crippen molar-refractivity contribution in [2.45, 2.75) is 44.9 Å². The molecule has 0 atom stereocenters. The topological polar surface area (TPSA) is 77.9 Å². The van der Waals surface area contributed by atoms with Crippen LogP contribution in [0.4, 0.5) is 0 Å². The first-order valence-corrected chi connectivity index (χ1v) is 13.0. The molecule has 6 nitrogen and oxygen atoms in total. The van der Waals surface area contributed by atoms with Gasteiger partial charge in [0, 0.05) is 32.1 Å². The number of aryl methyl sites for hydroxylation is 3. The molecule has 2 heterocycles. The molecule has 0 spiro atoms. The van der Waals surface area contributed by atoms with Gasteiger partial charge in [0.2, 0.25) is 15.9 Å². The summed E-state index contributed by atoms with van der Waals surface area (Å²) in [6.07, 6.45) is 3.95. The molecule has 0 bridgehead atoms. The number of phenols is 1. The van der Waals surface area contributed by atoms with Crippen molar-refractivity contribution in [2.24, 2.45) is 5.92 Å². The quantitative estimate of drug-likeness (QED) is 0.735. The molecular formula is C26H32N2O4S. The van der Waals surface area contributed by atoms with E-state index in [1.165, 1.54) is 5.57 Å². The summed E-state index contributed by atoms with van der Waals surface area (Å²) >= 11 is 0. The lowest BCUT2D eigenvalue weighted by Gasteiger charge is -2.35. The minimum absolute atomic E-state index is 0.121. The third-order valence-corrected chi connectivity index (χ3v) is 8.97. The third-order valence-electron chi connectivity index (χ3n) is 6.76. The fourth-order valence-corrected chi connectivity index (χ4v) is 6.99. The first-order chi connectivity index (χ1) is 15.7. The minimum atomic E-state index is -3.57. The number of hydrogen-bond donors (Lipinski definition) is 1. The van der Waals surface area contributed by atoms with E-state index in [-0.39, 0.29) is 17.6 Å². The molecule has 176 valence electrons. The van der Waals surface area contributed by atoms with Gasteiger partial charge in [0.15, 0.2) is 0 Å². The molecule has 1 saturated heterocycles. The van der Waals surface area contributed by atoms with Crippen LogP contribution in [-0.4, -0.2) is 54.8 Å². The van der Waals surface area contributed by atoms with E-state index in [1.54, 1.807) is 16.4 Å². The van der Waals surface area contributed by atoms with Gasteiger partial charge in [-0.15, -0.1) is 0 Å². The van der Waals surface area contributed by atoms with Gasteiger partial charge in [-0.1, -0.05) is 35.9 Å². The average molecular weight is 469 g/mol. The molecule has 33 heavy (non-hydrogen) atoms. The Hall–Kier alpha value is -2.64. The van der Waals surface area contributed by atoms with E-state index in [4.69, 9.17) is 0 Å². The second-order valence-electron chi connectivity index (χ2n) is 9.22. The van der Waals surface area contributed by atoms with E-state index in [0.717, 1.165) is 28.7 Å². The van der Waals surface area contributed by atoms with Crippen LogP contribution >= 0.6 is 0 Å². The van der Waals surface area contributed by atoms with Crippen LogP contribution in [0, 0.1) is 26.7 Å². The monoisotopic (exact) mass is 468 g/mol. The average Bonchev–Trinajstić information content (AvgIpc) is 2.78. The maximum atomic E-state index is 13.3. The number of hydrogen-bond acceptors (Lipinski definition) is 4. The third kappa shape index (κ3) is 4.84. The summed E-state index contributed by atoms with van der Waals surface area (Å²) in [7, 11) is -3.57. The normalized spacial score (nSPS) is 18.3. The maximum Gasteiger partial charge on any atom is 0.243 e. The summed E-state index contributed by atoms with van der Waals surface area (Å²) in [5, 5.41) is 9.47. The summed E-state index contributed by atoms with van der Waals surface area (Å²) in [6.45, 7) is 7.62. The van der Waals surface area contributed by atoms with Gasteiger partial charge < -0.3 is 10.0 Å². The van der Waals surface area contributed by atoms with Crippen molar-refractivity contribution < 1.29 is 18.3 Å². The first kappa shape index (κ1) is 23.5. The largest absolute Gasteiger partial charge is 0.508 e. The smallest absolute Gasteiger partial charge is 0.243 e. The van der Waals surface area contributed by atoms with Crippen LogP contribution in [0.5, 0.6) is 5.75 Å². The highest BCUT2D eigenvalue weighted by Crippen LogP contribution is 2.30. The van der Waals surface area contributed by atoms with Gasteiger partial charge in [-0.2, -0.15) is 4.31 Å². The standard InChI is InChI=1S/C26H32N2O4S/c1-18-16-19(2)25(20(3)17-18)33(31,32)28-14-10-23(11-15-28)26(30)27-12-8-22(9-13-27)21-4-6-24(29)7-5-21/h4-8,16-17,23,29H,9-15H2,1-3H3. The fourth-order valence-electron chi connectivity index (χ4n) is 5.11. The zero-order chi connectivity index (χ0) is 23.8. The summed E-state index contributed by atoms with van der Waals surface area (Å²) in [6, 6.07) is 11.0. The van der Waals surface area contributed by atoms with Crippen molar-refractivity contribution in [3.05, 3.63) is 64.7 Å². The zero-order valence-electron chi connectivity index (χ0n) is 19.5. The number of rotatable bonds is 4. The molecule has 0 unspecified atom stereocenters. The Morgan fingerprint density at radius 2 is 1.58 bits per heavy atom. The predicted octanol–water partition coefficient (Wildman–Crippen LogP) is 4.03. The number of nitrogens with zero attached hydrogens (tertiary/aromatic N) is 2. The van der Waals surface area contributed by atoms with Crippen molar-refractivity contribution in [3.63, 3.8) is 0 Å².